The maximum absolute atomic E-state index is 12.3. The Morgan fingerprint density at radius 3 is 2.67 bits per heavy atom. The van der Waals surface area contributed by atoms with Crippen molar-refractivity contribution in [1.29, 1.82) is 0 Å². The van der Waals surface area contributed by atoms with Crippen LogP contribution >= 0.6 is 0 Å². The third-order valence-electron chi connectivity index (χ3n) is 5.74. The van der Waals surface area contributed by atoms with E-state index in [1.54, 1.807) is 4.90 Å². The van der Waals surface area contributed by atoms with Crippen LogP contribution in [0.5, 0.6) is 0 Å². The predicted octanol–water partition coefficient (Wildman–Crippen LogP) is 4.63. The Kier molecular flexibility index (Phi) is 4.38. The molecule has 2 aromatic carbocycles. The van der Waals surface area contributed by atoms with Gasteiger partial charge in [-0.05, 0) is 37.5 Å². The lowest BCUT2D eigenvalue weighted by atomic mass is 9.96. The van der Waals surface area contributed by atoms with Gasteiger partial charge in [0.2, 0.25) is 0 Å². The Hall–Kier alpha value is -2.82. The van der Waals surface area contributed by atoms with E-state index in [9.17, 15) is 4.79 Å². The summed E-state index contributed by atoms with van der Waals surface area (Å²) in [4.78, 5) is 19.1. The SMILES string of the molecule is COC(=O)N1c2ccc3c(nc([C@H](C)c4ccccc4)n3C)c2CC[C@@H]1C. The van der Waals surface area contributed by atoms with E-state index in [1.807, 2.05) is 12.1 Å². The molecule has 1 aliphatic rings. The fourth-order valence-corrected chi connectivity index (χ4v) is 4.17. The van der Waals surface area contributed by atoms with Gasteiger partial charge in [-0.1, -0.05) is 37.3 Å². The summed E-state index contributed by atoms with van der Waals surface area (Å²) in [5.74, 6) is 1.23. The average Bonchev–Trinajstić information content (AvgIpc) is 3.04. The van der Waals surface area contributed by atoms with Crippen molar-refractivity contribution >= 4 is 22.8 Å². The van der Waals surface area contributed by atoms with Crippen molar-refractivity contribution in [1.82, 2.24) is 9.55 Å². The minimum Gasteiger partial charge on any atom is -0.452 e. The number of aromatic nitrogens is 2. The van der Waals surface area contributed by atoms with Gasteiger partial charge in [-0.2, -0.15) is 0 Å². The number of fused-ring (bicyclic) bond motifs is 3. The quantitative estimate of drug-likeness (QED) is 0.667. The number of hydrogen-bond donors (Lipinski definition) is 0. The standard InChI is InChI=1S/C22H25N3O2/c1-14-10-11-17-18(25(14)22(26)27-4)12-13-19-20(17)23-21(24(19)3)15(2)16-8-6-5-7-9-16/h5-9,12-15H,10-11H2,1-4H3/t14-,15+/m0/s1. The molecular formula is C22H25N3O2. The minimum atomic E-state index is -0.309. The molecule has 0 N–H and O–H groups in total. The third-order valence-corrected chi connectivity index (χ3v) is 5.74. The molecule has 4 rings (SSSR count). The Bertz CT molecular complexity index is 994. The lowest BCUT2D eigenvalue weighted by Gasteiger charge is -2.34. The maximum Gasteiger partial charge on any atom is 0.414 e. The number of carbonyl (C=O) groups excluding carboxylic acids is 1. The highest BCUT2D eigenvalue weighted by molar-refractivity contribution is 5.95. The molecule has 140 valence electrons. The molecule has 5 heteroatoms. The van der Waals surface area contributed by atoms with Crippen LogP contribution in [0.15, 0.2) is 42.5 Å². The number of benzene rings is 2. The topological polar surface area (TPSA) is 47.4 Å². The van der Waals surface area contributed by atoms with Crippen LogP contribution in [0.2, 0.25) is 0 Å². The van der Waals surface area contributed by atoms with E-state index in [2.05, 4.69) is 55.8 Å². The number of aryl methyl sites for hydroxylation is 2. The van der Waals surface area contributed by atoms with Crippen molar-refractivity contribution < 1.29 is 9.53 Å². The molecule has 0 spiro atoms. The summed E-state index contributed by atoms with van der Waals surface area (Å²) in [7, 11) is 3.50. The molecule has 0 radical (unpaired) electrons. The van der Waals surface area contributed by atoms with Crippen LogP contribution in [-0.2, 0) is 18.2 Å². The molecule has 1 aliphatic heterocycles. The van der Waals surface area contributed by atoms with Gasteiger partial charge in [-0.3, -0.25) is 4.90 Å². The average molecular weight is 363 g/mol. The second-order valence-electron chi connectivity index (χ2n) is 7.32. The van der Waals surface area contributed by atoms with Gasteiger partial charge in [-0.25, -0.2) is 9.78 Å². The van der Waals surface area contributed by atoms with Gasteiger partial charge < -0.3 is 9.30 Å². The second kappa shape index (κ2) is 6.72. The first-order valence-corrected chi connectivity index (χ1v) is 9.43. The van der Waals surface area contributed by atoms with Crippen molar-refractivity contribution in [2.24, 2.45) is 7.05 Å². The van der Waals surface area contributed by atoms with Crippen LogP contribution in [0.3, 0.4) is 0 Å². The first kappa shape index (κ1) is 17.6. The fourth-order valence-electron chi connectivity index (χ4n) is 4.17. The first-order valence-electron chi connectivity index (χ1n) is 9.43. The van der Waals surface area contributed by atoms with E-state index in [-0.39, 0.29) is 18.1 Å². The Morgan fingerprint density at radius 2 is 1.96 bits per heavy atom. The van der Waals surface area contributed by atoms with Crippen molar-refractivity contribution in [2.45, 2.75) is 38.6 Å². The summed E-state index contributed by atoms with van der Waals surface area (Å²) in [6.45, 7) is 4.25. The molecular weight excluding hydrogens is 338 g/mol. The molecule has 1 aromatic heterocycles. The number of methoxy groups -OCH3 is 1. The van der Waals surface area contributed by atoms with Gasteiger partial charge in [0.1, 0.15) is 5.82 Å². The number of nitrogens with zero attached hydrogens (tertiary/aromatic N) is 3. The van der Waals surface area contributed by atoms with Gasteiger partial charge in [0.05, 0.1) is 23.8 Å². The zero-order valence-corrected chi connectivity index (χ0v) is 16.3. The molecule has 0 unspecified atom stereocenters. The molecule has 3 aromatic rings. The summed E-state index contributed by atoms with van der Waals surface area (Å²) in [5, 5.41) is 0. The van der Waals surface area contributed by atoms with E-state index in [1.165, 1.54) is 12.7 Å². The molecule has 27 heavy (non-hydrogen) atoms. The summed E-state index contributed by atoms with van der Waals surface area (Å²) < 4.78 is 7.19. The molecule has 0 fully saturated rings. The van der Waals surface area contributed by atoms with Crippen molar-refractivity contribution in [2.75, 3.05) is 12.0 Å². The van der Waals surface area contributed by atoms with Gasteiger partial charge in [0.25, 0.3) is 0 Å². The van der Waals surface area contributed by atoms with Gasteiger partial charge in [0, 0.05) is 24.6 Å². The number of hydrogen-bond acceptors (Lipinski definition) is 3. The Morgan fingerprint density at radius 1 is 1.22 bits per heavy atom. The van der Waals surface area contributed by atoms with E-state index < -0.39 is 0 Å². The lowest BCUT2D eigenvalue weighted by Crippen LogP contribution is -2.42. The van der Waals surface area contributed by atoms with E-state index in [0.717, 1.165) is 41.0 Å². The molecule has 2 heterocycles. The third kappa shape index (κ3) is 2.78. The van der Waals surface area contributed by atoms with Gasteiger partial charge in [-0.15, -0.1) is 0 Å². The maximum atomic E-state index is 12.3. The highest BCUT2D eigenvalue weighted by atomic mass is 16.5. The molecule has 0 saturated heterocycles. The summed E-state index contributed by atoms with van der Waals surface area (Å²) in [5.41, 5.74) is 5.40. The first-order chi connectivity index (χ1) is 13.0. The van der Waals surface area contributed by atoms with Crippen molar-refractivity contribution in [3.05, 3.63) is 59.4 Å². The molecule has 5 nitrogen and oxygen atoms in total. The van der Waals surface area contributed by atoms with Crippen LogP contribution in [0.25, 0.3) is 11.0 Å². The summed E-state index contributed by atoms with van der Waals surface area (Å²) in [6, 6.07) is 14.6. The number of amides is 1. The van der Waals surface area contributed by atoms with Crippen molar-refractivity contribution in [3.8, 4) is 0 Å². The number of imidazole rings is 1. The van der Waals surface area contributed by atoms with E-state index in [4.69, 9.17) is 9.72 Å². The van der Waals surface area contributed by atoms with E-state index in [0.29, 0.717) is 0 Å². The smallest absolute Gasteiger partial charge is 0.414 e. The van der Waals surface area contributed by atoms with Crippen molar-refractivity contribution in [3.63, 3.8) is 0 Å². The highest BCUT2D eigenvalue weighted by Crippen LogP contribution is 2.37. The fraction of sp³-hybridized carbons (Fsp3) is 0.364. The van der Waals surface area contributed by atoms with Gasteiger partial charge in [0.15, 0.2) is 0 Å². The second-order valence-corrected chi connectivity index (χ2v) is 7.32. The highest BCUT2D eigenvalue weighted by Gasteiger charge is 2.31. The van der Waals surface area contributed by atoms with Crippen LogP contribution < -0.4 is 4.90 Å². The monoisotopic (exact) mass is 363 g/mol. The zero-order chi connectivity index (χ0) is 19.1. The number of rotatable bonds is 2. The predicted molar refractivity (Wildman–Crippen MR) is 107 cm³/mol. The minimum absolute atomic E-state index is 0.119. The molecule has 0 aliphatic carbocycles. The number of carbonyl (C=O) groups is 1. The zero-order valence-electron chi connectivity index (χ0n) is 16.3. The molecule has 1 amide bonds. The van der Waals surface area contributed by atoms with Crippen LogP contribution in [0, 0.1) is 0 Å². The van der Waals surface area contributed by atoms with Crippen LogP contribution in [-0.4, -0.2) is 28.8 Å². The van der Waals surface area contributed by atoms with E-state index >= 15 is 0 Å². The normalized spacial score (nSPS) is 17.6. The van der Waals surface area contributed by atoms with Gasteiger partial charge >= 0.3 is 6.09 Å². The Labute approximate surface area is 159 Å². The largest absolute Gasteiger partial charge is 0.452 e. The van der Waals surface area contributed by atoms with Crippen LogP contribution in [0.1, 0.15) is 43.1 Å². The summed E-state index contributed by atoms with van der Waals surface area (Å²) in [6.07, 6.45) is 1.51. The lowest BCUT2D eigenvalue weighted by molar-refractivity contribution is 0.175. The Balaban J connectivity index is 1.85. The number of ether oxygens (including phenoxy) is 1. The molecule has 0 bridgehead atoms. The molecule has 0 saturated carbocycles. The van der Waals surface area contributed by atoms with Crippen LogP contribution in [0.4, 0.5) is 10.5 Å². The molecule has 2 atom stereocenters. The number of anilines is 1. The summed E-state index contributed by atoms with van der Waals surface area (Å²) >= 11 is 0.